The lowest BCUT2D eigenvalue weighted by atomic mass is 9.70. The number of fused-ring (bicyclic) bond motifs is 1. The van der Waals surface area contributed by atoms with Crippen molar-refractivity contribution in [2.45, 2.75) is 35.3 Å². The van der Waals surface area contributed by atoms with Crippen molar-refractivity contribution in [2.75, 3.05) is 0 Å². The molecule has 0 atom stereocenters. The quantitative estimate of drug-likeness (QED) is 0.306. The number of halogens is 12. The summed E-state index contributed by atoms with van der Waals surface area (Å²) >= 11 is 0. The molecule has 33 heavy (non-hydrogen) atoms. The van der Waals surface area contributed by atoms with Gasteiger partial charge < -0.3 is 5.11 Å². The predicted molar refractivity (Wildman–Crippen MR) is 88.1 cm³/mol. The lowest BCUT2D eigenvalue weighted by molar-refractivity contribution is -0.475. The van der Waals surface area contributed by atoms with Crippen LogP contribution in [-0.2, 0) is 4.79 Å². The molecule has 2 nitrogen and oxygen atoms in total. The molecule has 0 spiro atoms. The third-order valence-electron chi connectivity index (χ3n) is 5.20. The van der Waals surface area contributed by atoms with Gasteiger partial charge in [-0.1, -0.05) is 24.3 Å². The van der Waals surface area contributed by atoms with Crippen molar-refractivity contribution in [3.8, 4) is 0 Å². The number of alkyl halides is 11. The van der Waals surface area contributed by atoms with E-state index in [1.54, 1.807) is 0 Å². The Labute approximate surface area is 175 Å². The van der Waals surface area contributed by atoms with Gasteiger partial charge in [-0.05, 0) is 17.5 Å². The van der Waals surface area contributed by atoms with Gasteiger partial charge in [-0.25, -0.2) is 8.78 Å². The van der Waals surface area contributed by atoms with Crippen LogP contribution in [0.25, 0.3) is 16.5 Å². The molecule has 0 aliphatic heterocycles. The molecular weight excluding hydrogens is 488 g/mol. The molecule has 180 valence electrons. The topological polar surface area (TPSA) is 37.3 Å². The first-order valence-corrected chi connectivity index (χ1v) is 8.51. The van der Waals surface area contributed by atoms with Crippen molar-refractivity contribution >= 4 is 22.3 Å². The van der Waals surface area contributed by atoms with Gasteiger partial charge in [0.2, 0.25) is 5.78 Å². The van der Waals surface area contributed by atoms with E-state index in [1.807, 2.05) is 0 Å². The van der Waals surface area contributed by atoms with E-state index < -0.39 is 64.3 Å². The molecule has 0 bridgehead atoms. The van der Waals surface area contributed by atoms with Crippen molar-refractivity contribution in [3.63, 3.8) is 0 Å². The predicted octanol–water partition coefficient (Wildman–Crippen LogP) is 6.35. The highest BCUT2D eigenvalue weighted by Gasteiger charge is 3.02. The Balaban J connectivity index is 2.24. The normalized spacial score (nSPS) is 24.4. The number of benzene rings is 2. The average molecular weight is 496 g/mol. The number of ketones is 1. The first-order chi connectivity index (χ1) is 14.8. The molecule has 0 radical (unpaired) electrons. The molecule has 1 saturated carbocycles. The number of carbonyl (C=O) groups is 1. The summed E-state index contributed by atoms with van der Waals surface area (Å²) in [6, 6.07) is 5.86. The molecule has 14 heteroatoms. The number of hydrogen-bond donors (Lipinski definition) is 1. The van der Waals surface area contributed by atoms with E-state index in [1.165, 1.54) is 12.1 Å². The number of aliphatic hydroxyl groups is 1. The van der Waals surface area contributed by atoms with Gasteiger partial charge in [-0.15, -0.1) is 0 Å². The summed E-state index contributed by atoms with van der Waals surface area (Å²) in [6.45, 7) is 0. The summed E-state index contributed by atoms with van der Waals surface area (Å²) in [5, 5.41) is 9.34. The maximum absolute atomic E-state index is 14.8. The minimum absolute atomic E-state index is 0.302. The average Bonchev–Trinajstić information content (AvgIpc) is 2.71. The van der Waals surface area contributed by atoms with Crippen LogP contribution in [0, 0.1) is 5.82 Å². The smallest absolute Gasteiger partial charge is 0.384 e. The molecule has 1 aliphatic carbocycles. The fourth-order valence-electron chi connectivity index (χ4n) is 3.32. The van der Waals surface area contributed by atoms with Gasteiger partial charge in [0.1, 0.15) is 11.6 Å². The molecule has 0 saturated heterocycles. The largest absolute Gasteiger partial charge is 0.507 e. The van der Waals surface area contributed by atoms with E-state index >= 15 is 0 Å². The second kappa shape index (κ2) is 6.79. The summed E-state index contributed by atoms with van der Waals surface area (Å²) in [6.07, 6.45) is -0.864. The van der Waals surface area contributed by atoms with E-state index in [0.717, 1.165) is 12.1 Å². The second-order valence-corrected chi connectivity index (χ2v) is 7.06. The highest BCUT2D eigenvalue weighted by atomic mass is 19.4. The minimum atomic E-state index is -7.47. The van der Waals surface area contributed by atoms with E-state index in [0.29, 0.717) is 12.1 Å². The number of hydrogen-bond acceptors (Lipinski definition) is 2. The van der Waals surface area contributed by atoms with Gasteiger partial charge in [0, 0.05) is 17.0 Å². The Morgan fingerprint density at radius 2 is 1.09 bits per heavy atom. The Morgan fingerprint density at radius 1 is 0.667 bits per heavy atom. The van der Waals surface area contributed by atoms with E-state index in [-0.39, 0.29) is 10.8 Å². The Bertz CT molecular complexity index is 1140. The van der Waals surface area contributed by atoms with Crippen LogP contribution in [-0.4, -0.2) is 46.2 Å². The van der Waals surface area contributed by atoms with Crippen LogP contribution in [0.3, 0.4) is 0 Å². The van der Waals surface area contributed by atoms with Gasteiger partial charge in [-0.3, -0.25) is 4.79 Å². The lowest BCUT2D eigenvalue weighted by Gasteiger charge is -2.51. The molecule has 0 amide bonds. The zero-order valence-corrected chi connectivity index (χ0v) is 15.4. The molecule has 1 fully saturated rings. The lowest BCUT2D eigenvalue weighted by Crippen LogP contribution is -2.85. The summed E-state index contributed by atoms with van der Waals surface area (Å²) in [5.74, 6) is -43.3. The van der Waals surface area contributed by atoms with Gasteiger partial charge in [-0.2, -0.15) is 43.9 Å². The molecule has 1 aliphatic rings. The molecule has 0 aromatic heterocycles. The zero-order chi connectivity index (χ0) is 25.4. The monoisotopic (exact) mass is 496 g/mol. The molecule has 0 heterocycles. The van der Waals surface area contributed by atoms with Gasteiger partial charge in [0.05, 0.1) is 0 Å². The van der Waals surface area contributed by atoms with Gasteiger partial charge in [0.15, 0.2) is 0 Å². The summed E-state index contributed by atoms with van der Waals surface area (Å²) in [7, 11) is 0. The zero-order valence-electron chi connectivity index (χ0n) is 15.4. The van der Waals surface area contributed by atoms with Crippen LogP contribution in [0.5, 0.6) is 0 Å². The molecule has 0 unspecified atom stereocenters. The van der Waals surface area contributed by atoms with Crippen LogP contribution in [0.4, 0.5) is 52.7 Å². The molecular formula is C19H8F12O2. The number of carbonyl (C=O) groups excluding carboxylic acids is 1. The van der Waals surface area contributed by atoms with Crippen LogP contribution in [0.2, 0.25) is 0 Å². The highest BCUT2D eigenvalue weighted by Crippen LogP contribution is 2.69. The maximum Gasteiger partial charge on any atom is 0.384 e. The Hall–Kier alpha value is -2.93. The van der Waals surface area contributed by atoms with Crippen molar-refractivity contribution in [1.82, 2.24) is 0 Å². The molecule has 2 aromatic rings. The number of aliphatic hydroxyl groups excluding tert-OH is 1. The maximum atomic E-state index is 14.8. The van der Waals surface area contributed by atoms with Crippen LogP contribution in [0.1, 0.15) is 5.56 Å². The molecule has 3 rings (SSSR count). The minimum Gasteiger partial charge on any atom is -0.507 e. The van der Waals surface area contributed by atoms with Crippen molar-refractivity contribution in [2.24, 2.45) is 0 Å². The summed E-state index contributed by atoms with van der Waals surface area (Å²) in [4.78, 5) is 12.0. The van der Waals surface area contributed by atoms with E-state index in [9.17, 15) is 62.6 Å². The fourth-order valence-corrected chi connectivity index (χ4v) is 3.32. The van der Waals surface area contributed by atoms with Gasteiger partial charge in [0.25, 0.3) is 0 Å². The SMILES string of the molecule is O=C(/C=C(\O)c1ccc(F)c2ccccc12)C1(F)C(F)(F)C(F)(F)C(F)(F)C(F)(F)C1(F)F. The summed E-state index contributed by atoms with van der Waals surface area (Å²) in [5.41, 5.74) is -7.63. The van der Waals surface area contributed by atoms with Crippen LogP contribution >= 0.6 is 0 Å². The van der Waals surface area contributed by atoms with Gasteiger partial charge >= 0.3 is 35.3 Å². The standard InChI is InChI=1S/C19H8F12O2/c20-11-6-5-10(8-3-1-2-4-9(8)11)12(32)7-13(33)14(21)15(22,23)17(26,27)19(30,31)18(28,29)16(14,24)25/h1-7,32H/b12-7-. The van der Waals surface area contributed by atoms with E-state index in [2.05, 4.69) is 0 Å². The number of allylic oxidation sites excluding steroid dienone is 1. The van der Waals surface area contributed by atoms with Crippen molar-refractivity contribution < 1.29 is 62.6 Å². The van der Waals surface area contributed by atoms with E-state index in [4.69, 9.17) is 0 Å². The first kappa shape index (κ1) is 24.7. The molecule has 1 N–H and O–H groups in total. The highest BCUT2D eigenvalue weighted by molar-refractivity contribution is 6.05. The third kappa shape index (κ3) is 2.69. The molecule has 2 aromatic carbocycles. The Kier molecular flexibility index (Phi) is 5.09. The second-order valence-electron chi connectivity index (χ2n) is 7.06. The van der Waals surface area contributed by atoms with Crippen molar-refractivity contribution in [3.05, 3.63) is 53.9 Å². The Morgan fingerprint density at radius 3 is 1.58 bits per heavy atom. The first-order valence-electron chi connectivity index (χ1n) is 8.51. The number of rotatable bonds is 3. The fraction of sp³-hybridized carbons (Fsp3) is 0.316. The third-order valence-corrected chi connectivity index (χ3v) is 5.20. The van der Waals surface area contributed by atoms with Crippen molar-refractivity contribution in [1.29, 1.82) is 0 Å². The van der Waals surface area contributed by atoms with Crippen LogP contribution in [0.15, 0.2) is 42.5 Å². The van der Waals surface area contributed by atoms with Crippen LogP contribution < -0.4 is 0 Å². The summed E-state index contributed by atoms with van der Waals surface area (Å²) < 4.78 is 165.